The summed E-state index contributed by atoms with van der Waals surface area (Å²) in [6.07, 6.45) is 9.42. The molecule has 2 heterocycles. The molecule has 2 aliphatic rings. The van der Waals surface area contributed by atoms with Crippen LogP contribution in [0.4, 0.5) is 5.82 Å². The average molecular weight is 247 g/mol. The number of hydrogen-bond acceptors (Lipinski definition) is 4. The molecule has 98 valence electrons. The number of anilines is 1. The molecule has 0 aromatic carbocycles. The van der Waals surface area contributed by atoms with Crippen molar-refractivity contribution >= 4 is 5.82 Å². The lowest BCUT2D eigenvalue weighted by Gasteiger charge is -2.32. The molecule has 0 saturated carbocycles. The van der Waals surface area contributed by atoms with E-state index in [4.69, 9.17) is 0 Å². The van der Waals surface area contributed by atoms with Crippen molar-refractivity contribution in [3.05, 3.63) is 17.6 Å². The number of aryl methyl sites for hydroxylation is 1. The van der Waals surface area contributed by atoms with Crippen LogP contribution in [0, 0.1) is 0 Å². The van der Waals surface area contributed by atoms with Gasteiger partial charge in [0.2, 0.25) is 0 Å². The van der Waals surface area contributed by atoms with E-state index in [9.17, 15) is 5.11 Å². The fourth-order valence-electron chi connectivity index (χ4n) is 3.10. The van der Waals surface area contributed by atoms with E-state index in [-0.39, 0.29) is 6.10 Å². The molecule has 1 unspecified atom stereocenters. The zero-order valence-electron chi connectivity index (χ0n) is 10.8. The third-order valence-corrected chi connectivity index (χ3v) is 4.05. The zero-order valence-corrected chi connectivity index (χ0v) is 10.8. The summed E-state index contributed by atoms with van der Waals surface area (Å²) in [7, 11) is 0. The maximum Gasteiger partial charge on any atom is 0.135 e. The van der Waals surface area contributed by atoms with Gasteiger partial charge in [0.05, 0.1) is 6.10 Å². The molecule has 1 aliphatic carbocycles. The number of aliphatic hydroxyl groups is 1. The molecular weight excluding hydrogens is 226 g/mol. The number of hydrogen-bond donors (Lipinski definition) is 1. The molecule has 18 heavy (non-hydrogen) atoms. The minimum atomic E-state index is -0.199. The highest BCUT2D eigenvalue weighted by Gasteiger charge is 2.23. The van der Waals surface area contributed by atoms with Gasteiger partial charge in [-0.2, -0.15) is 0 Å². The van der Waals surface area contributed by atoms with E-state index in [1.54, 1.807) is 6.33 Å². The van der Waals surface area contributed by atoms with Crippen molar-refractivity contribution in [1.82, 2.24) is 9.97 Å². The maximum atomic E-state index is 9.82. The molecular formula is C14H21N3O. The maximum absolute atomic E-state index is 9.82. The van der Waals surface area contributed by atoms with Gasteiger partial charge in [-0.15, -0.1) is 0 Å². The highest BCUT2D eigenvalue weighted by atomic mass is 16.3. The Balaban J connectivity index is 1.91. The summed E-state index contributed by atoms with van der Waals surface area (Å²) >= 11 is 0. The minimum absolute atomic E-state index is 0.199. The topological polar surface area (TPSA) is 49.2 Å². The van der Waals surface area contributed by atoms with Gasteiger partial charge in [0, 0.05) is 24.3 Å². The van der Waals surface area contributed by atoms with Crippen LogP contribution in [-0.4, -0.2) is 34.3 Å². The van der Waals surface area contributed by atoms with Gasteiger partial charge < -0.3 is 10.0 Å². The number of rotatable bonds is 1. The summed E-state index contributed by atoms with van der Waals surface area (Å²) in [5.74, 6) is 1.08. The second kappa shape index (κ2) is 5.22. The predicted octanol–water partition coefficient (Wildman–Crippen LogP) is 1.71. The molecule has 1 N–H and O–H groups in total. The highest BCUT2D eigenvalue weighted by molar-refractivity contribution is 5.49. The van der Waals surface area contributed by atoms with E-state index < -0.39 is 0 Å². The average Bonchev–Trinajstić information content (AvgIpc) is 2.63. The monoisotopic (exact) mass is 247 g/mol. The Kier molecular flexibility index (Phi) is 3.46. The van der Waals surface area contributed by atoms with Crippen LogP contribution in [0.2, 0.25) is 0 Å². The number of aromatic nitrogens is 2. The summed E-state index contributed by atoms with van der Waals surface area (Å²) in [5, 5.41) is 9.82. The normalized spacial score (nSPS) is 24.5. The van der Waals surface area contributed by atoms with Crippen LogP contribution in [0.1, 0.15) is 43.4 Å². The van der Waals surface area contributed by atoms with Crippen molar-refractivity contribution in [2.45, 2.75) is 51.0 Å². The lowest BCUT2D eigenvalue weighted by molar-refractivity contribution is 0.153. The molecule has 0 amide bonds. The van der Waals surface area contributed by atoms with E-state index in [1.807, 2.05) is 0 Å². The fraction of sp³-hybridized carbons (Fsp3) is 0.714. The second-order valence-electron chi connectivity index (χ2n) is 5.43. The Hall–Kier alpha value is -1.16. The molecule has 0 radical (unpaired) electrons. The van der Waals surface area contributed by atoms with Gasteiger partial charge in [-0.25, -0.2) is 9.97 Å². The van der Waals surface area contributed by atoms with Crippen LogP contribution in [-0.2, 0) is 12.8 Å². The Bertz CT molecular complexity index is 422. The lowest BCUT2D eigenvalue weighted by Crippen LogP contribution is -2.39. The van der Waals surface area contributed by atoms with Crippen molar-refractivity contribution < 1.29 is 5.11 Å². The number of piperidine rings is 1. The summed E-state index contributed by atoms with van der Waals surface area (Å²) < 4.78 is 0. The lowest BCUT2D eigenvalue weighted by atomic mass is 10.1. The highest BCUT2D eigenvalue weighted by Crippen LogP contribution is 2.28. The standard InChI is InChI=1S/C14H21N3O/c18-11-5-4-8-17(9-11)14-12-6-2-1-3-7-13(12)15-10-16-14/h10-11,18H,1-9H2. The molecule has 1 fully saturated rings. The van der Waals surface area contributed by atoms with Gasteiger partial charge in [-0.05, 0) is 38.5 Å². The van der Waals surface area contributed by atoms with E-state index in [2.05, 4.69) is 14.9 Å². The number of fused-ring (bicyclic) bond motifs is 1. The molecule has 1 aromatic heterocycles. The first-order chi connectivity index (χ1) is 8.84. The molecule has 4 nitrogen and oxygen atoms in total. The first-order valence-electron chi connectivity index (χ1n) is 7.10. The van der Waals surface area contributed by atoms with Gasteiger partial charge in [0.1, 0.15) is 12.1 Å². The van der Waals surface area contributed by atoms with Crippen LogP contribution in [0.25, 0.3) is 0 Å². The summed E-state index contributed by atoms with van der Waals surface area (Å²) in [6.45, 7) is 1.74. The van der Waals surface area contributed by atoms with E-state index in [0.717, 1.165) is 44.6 Å². The van der Waals surface area contributed by atoms with Crippen molar-refractivity contribution in [3.63, 3.8) is 0 Å². The van der Waals surface area contributed by atoms with Crippen LogP contribution >= 0.6 is 0 Å². The molecule has 0 spiro atoms. The minimum Gasteiger partial charge on any atom is -0.391 e. The molecule has 3 rings (SSSR count). The molecule has 1 aromatic rings. The van der Waals surface area contributed by atoms with E-state index >= 15 is 0 Å². The molecule has 1 aliphatic heterocycles. The smallest absolute Gasteiger partial charge is 0.135 e. The Morgan fingerprint density at radius 2 is 2.00 bits per heavy atom. The predicted molar refractivity (Wildman–Crippen MR) is 70.7 cm³/mol. The summed E-state index contributed by atoms with van der Waals surface area (Å²) in [5.41, 5.74) is 2.57. The summed E-state index contributed by atoms with van der Waals surface area (Å²) in [4.78, 5) is 11.2. The first kappa shape index (κ1) is 11.9. The van der Waals surface area contributed by atoms with Crippen molar-refractivity contribution in [1.29, 1.82) is 0 Å². The fourth-order valence-corrected chi connectivity index (χ4v) is 3.10. The Morgan fingerprint density at radius 3 is 2.89 bits per heavy atom. The molecule has 1 saturated heterocycles. The number of aliphatic hydroxyl groups excluding tert-OH is 1. The van der Waals surface area contributed by atoms with Gasteiger partial charge in [-0.1, -0.05) is 6.42 Å². The largest absolute Gasteiger partial charge is 0.391 e. The summed E-state index contributed by atoms with van der Waals surface area (Å²) in [6, 6.07) is 0. The van der Waals surface area contributed by atoms with Crippen molar-refractivity contribution in [3.8, 4) is 0 Å². The number of nitrogens with zero attached hydrogens (tertiary/aromatic N) is 3. The first-order valence-corrected chi connectivity index (χ1v) is 7.10. The molecule has 1 atom stereocenters. The Labute approximate surface area is 108 Å². The van der Waals surface area contributed by atoms with E-state index in [0.29, 0.717) is 0 Å². The van der Waals surface area contributed by atoms with Gasteiger partial charge in [0.25, 0.3) is 0 Å². The van der Waals surface area contributed by atoms with Crippen molar-refractivity contribution in [2.24, 2.45) is 0 Å². The van der Waals surface area contributed by atoms with Crippen LogP contribution in [0.3, 0.4) is 0 Å². The SMILES string of the molecule is OC1CCCN(c2ncnc3c2CCCCC3)C1. The quantitative estimate of drug-likeness (QED) is 0.767. The van der Waals surface area contributed by atoms with Crippen LogP contribution in [0.15, 0.2) is 6.33 Å². The van der Waals surface area contributed by atoms with Gasteiger partial charge in [0.15, 0.2) is 0 Å². The van der Waals surface area contributed by atoms with Crippen molar-refractivity contribution in [2.75, 3.05) is 18.0 Å². The Morgan fingerprint density at radius 1 is 1.11 bits per heavy atom. The number of β-amino-alcohol motifs (C(OH)–C–C–N with tert-alkyl or cyclic N) is 1. The third-order valence-electron chi connectivity index (χ3n) is 4.05. The van der Waals surface area contributed by atoms with Crippen LogP contribution < -0.4 is 4.90 Å². The molecule has 4 heteroatoms. The van der Waals surface area contributed by atoms with Gasteiger partial charge in [-0.3, -0.25) is 0 Å². The van der Waals surface area contributed by atoms with Gasteiger partial charge >= 0.3 is 0 Å². The third kappa shape index (κ3) is 2.34. The van der Waals surface area contributed by atoms with E-state index in [1.165, 1.54) is 30.5 Å². The zero-order chi connectivity index (χ0) is 12.4. The molecule has 0 bridgehead atoms. The second-order valence-corrected chi connectivity index (χ2v) is 5.43. The van der Waals surface area contributed by atoms with Crippen LogP contribution in [0.5, 0.6) is 0 Å².